The minimum Gasteiger partial charge on any atom is -0.507 e. The molecule has 33 heavy (non-hydrogen) atoms. The van der Waals surface area contributed by atoms with Gasteiger partial charge in [0.2, 0.25) is 17.4 Å². The summed E-state index contributed by atoms with van der Waals surface area (Å²) in [6.07, 6.45) is 1.85. The number of aliphatic hydroxyl groups is 1. The Hall–Kier alpha value is -4.09. The largest absolute Gasteiger partial charge is 0.507 e. The molecule has 0 aliphatic carbocycles. The minimum atomic E-state index is -4.25. The van der Waals surface area contributed by atoms with Crippen LogP contribution in [0.1, 0.15) is 32.2 Å². The summed E-state index contributed by atoms with van der Waals surface area (Å²) in [6.45, 7) is 0. The molecule has 2 N–H and O–H groups in total. The predicted molar refractivity (Wildman–Crippen MR) is 117 cm³/mol. The van der Waals surface area contributed by atoms with Crippen molar-refractivity contribution in [3.05, 3.63) is 101 Å². The Morgan fingerprint density at radius 3 is 2.36 bits per heavy atom. The standard InChI is InChI=1S/C21H14ClN5O5S/c22-15-6-8-16(9-7-15)33(31,32)27-12-14(18(28)11-19(29)21-23-25-26-24-21)10-17(27)20(30)13-4-2-1-3-5-13/h1-12,28H,(H,23,24,25,26). The maximum absolute atomic E-state index is 13.3. The van der Waals surface area contributed by atoms with Crippen molar-refractivity contribution in [2.75, 3.05) is 0 Å². The number of hydrogen-bond acceptors (Lipinski definition) is 8. The van der Waals surface area contributed by atoms with E-state index in [1.54, 1.807) is 18.2 Å². The molecule has 2 aromatic heterocycles. The number of allylic oxidation sites excluding steroid dienone is 1. The molecule has 0 aliphatic rings. The number of tetrazole rings is 1. The van der Waals surface area contributed by atoms with Gasteiger partial charge in [-0.25, -0.2) is 12.4 Å². The Morgan fingerprint density at radius 2 is 1.73 bits per heavy atom. The van der Waals surface area contributed by atoms with Gasteiger partial charge in [-0.3, -0.25) is 9.59 Å². The number of rotatable bonds is 7. The summed E-state index contributed by atoms with van der Waals surface area (Å²) in [5, 5.41) is 23.2. The van der Waals surface area contributed by atoms with E-state index in [-0.39, 0.29) is 27.5 Å². The first kappa shape index (κ1) is 22.1. The zero-order valence-electron chi connectivity index (χ0n) is 16.6. The molecule has 0 saturated carbocycles. The molecule has 0 saturated heterocycles. The molecule has 0 spiro atoms. The maximum atomic E-state index is 13.3. The number of carbonyl (C=O) groups is 2. The van der Waals surface area contributed by atoms with Crippen molar-refractivity contribution in [3.8, 4) is 0 Å². The van der Waals surface area contributed by atoms with Crippen LogP contribution in [0.3, 0.4) is 0 Å². The van der Waals surface area contributed by atoms with Crippen molar-refractivity contribution in [2.45, 2.75) is 4.90 Å². The second-order valence-electron chi connectivity index (χ2n) is 6.69. The van der Waals surface area contributed by atoms with Crippen LogP contribution in [0.25, 0.3) is 5.76 Å². The molecule has 12 heteroatoms. The lowest BCUT2D eigenvalue weighted by atomic mass is 10.1. The molecular weight excluding hydrogens is 470 g/mol. The average Bonchev–Trinajstić information content (AvgIpc) is 3.50. The summed E-state index contributed by atoms with van der Waals surface area (Å²) in [4.78, 5) is 25.2. The molecule has 0 aliphatic heterocycles. The highest BCUT2D eigenvalue weighted by Gasteiger charge is 2.26. The number of halogens is 1. The van der Waals surface area contributed by atoms with Crippen LogP contribution in [-0.2, 0) is 10.0 Å². The van der Waals surface area contributed by atoms with Crippen molar-refractivity contribution in [1.82, 2.24) is 24.6 Å². The van der Waals surface area contributed by atoms with E-state index in [1.807, 2.05) is 0 Å². The van der Waals surface area contributed by atoms with Gasteiger partial charge >= 0.3 is 0 Å². The average molecular weight is 484 g/mol. The van der Waals surface area contributed by atoms with Gasteiger partial charge < -0.3 is 5.11 Å². The van der Waals surface area contributed by atoms with Crippen LogP contribution in [0.2, 0.25) is 5.02 Å². The van der Waals surface area contributed by atoms with Gasteiger partial charge in [-0.2, -0.15) is 5.21 Å². The van der Waals surface area contributed by atoms with E-state index in [4.69, 9.17) is 11.6 Å². The first-order valence-corrected chi connectivity index (χ1v) is 11.1. The molecule has 0 radical (unpaired) electrons. The molecule has 10 nitrogen and oxygen atoms in total. The van der Waals surface area contributed by atoms with Crippen molar-refractivity contribution >= 4 is 38.9 Å². The Kier molecular flexibility index (Phi) is 5.90. The lowest BCUT2D eigenvalue weighted by molar-refractivity contribution is 0.102. The van der Waals surface area contributed by atoms with Gasteiger partial charge in [0.25, 0.3) is 10.0 Å². The van der Waals surface area contributed by atoms with E-state index in [0.717, 1.165) is 16.2 Å². The zero-order valence-corrected chi connectivity index (χ0v) is 18.2. The molecule has 2 aromatic carbocycles. The van der Waals surface area contributed by atoms with Gasteiger partial charge in [0.05, 0.1) is 4.90 Å². The molecule has 0 atom stereocenters. The smallest absolute Gasteiger partial charge is 0.268 e. The van der Waals surface area contributed by atoms with Crippen LogP contribution in [-0.4, -0.2) is 49.7 Å². The fourth-order valence-electron chi connectivity index (χ4n) is 2.94. The molecule has 0 unspecified atom stereocenters. The van der Waals surface area contributed by atoms with Gasteiger partial charge in [0.1, 0.15) is 11.5 Å². The van der Waals surface area contributed by atoms with E-state index in [2.05, 4.69) is 20.6 Å². The highest BCUT2D eigenvalue weighted by atomic mass is 35.5. The Morgan fingerprint density at radius 1 is 1.03 bits per heavy atom. The fourth-order valence-corrected chi connectivity index (χ4v) is 4.42. The Labute approximate surface area is 192 Å². The second-order valence-corrected chi connectivity index (χ2v) is 8.94. The van der Waals surface area contributed by atoms with E-state index < -0.39 is 27.3 Å². The van der Waals surface area contributed by atoms with Gasteiger partial charge in [0, 0.05) is 28.4 Å². The molecule has 4 aromatic rings. The maximum Gasteiger partial charge on any atom is 0.268 e. The number of aliphatic hydroxyl groups excluding tert-OH is 1. The van der Waals surface area contributed by atoms with Crippen molar-refractivity contribution in [2.24, 2.45) is 0 Å². The fraction of sp³-hybridized carbons (Fsp3) is 0. The lowest BCUT2D eigenvalue weighted by Crippen LogP contribution is -2.18. The van der Waals surface area contributed by atoms with Crippen LogP contribution in [0, 0.1) is 0 Å². The van der Waals surface area contributed by atoms with Gasteiger partial charge in [-0.1, -0.05) is 41.9 Å². The SMILES string of the molecule is O=C(C=C(O)c1cc(C(=O)c2ccccc2)n(S(=O)(=O)c2ccc(Cl)cc2)c1)c1nn[nH]n1. The molecule has 0 fully saturated rings. The molecule has 2 heterocycles. The third kappa shape index (κ3) is 4.45. The Balaban J connectivity index is 1.84. The van der Waals surface area contributed by atoms with Gasteiger partial charge in [-0.15, -0.1) is 10.2 Å². The molecule has 0 bridgehead atoms. The normalized spacial score (nSPS) is 12.0. The van der Waals surface area contributed by atoms with Crippen LogP contribution < -0.4 is 0 Å². The van der Waals surface area contributed by atoms with Crippen molar-refractivity contribution in [3.63, 3.8) is 0 Å². The number of H-pyrrole nitrogens is 1. The highest BCUT2D eigenvalue weighted by Crippen LogP contribution is 2.25. The molecular formula is C21H14ClN5O5S. The summed E-state index contributed by atoms with van der Waals surface area (Å²) >= 11 is 5.86. The van der Waals surface area contributed by atoms with Crippen LogP contribution in [0.15, 0.2) is 77.8 Å². The van der Waals surface area contributed by atoms with Gasteiger partial charge in [-0.05, 0) is 35.5 Å². The minimum absolute atomic E-state index is 0.0799. The number of hydrogen-bond donors (Lipinski definition) is 2. The van der Waals surface area contributed by atoms with Gasteiger partial charge in [0.15, 0.2) is 0 Å². The van der Waals surface area contributed by atoms with Crippen LogP contribution in [0.4, 0.5) is 0 Å². The third-order valence-corrected chi connectivity index (χ3v) is 6.49. The third-order valence-electron chi connectivity index (χ3n) is 4.55. The summed E-state index contributed by atoms with van der Waals surface area (Å²) in [7, 11) is -4.25. The number of nitrogens with zero attached hydrogens (tertiary/aromatic N) is 4. The number of ketones is 2. The molecule has 0 amide bonds. The van der Waals surface area contributed by atoms with Crippen LogP contribution in [0.5, 0.6) is 0 Å². The Bertz CT molecular complexity index is 1460. The predicted octanol–water partition coefficient (Wildman–Crippen LogP) is 2.90. The number of carbonyl (C=O) groups excluding carboxylic acids is 2. The highest BCUT2D eigenvalue weighted by molar-refractivity contribution is 7.90. The van der Waals surface area contributed by atoms with Crippen LogP contribution >= 0.6 is 11.6 Å². The van der Waals surface area contributed by atoms with E-state index in [0.29, 0.717) is 5.02 Å². The molecule has 4 rings (SSSR count). The first-order chi connectivity index (χ1) is 15.8. The zero-order chi connectivity index (χ0) is 23.6. The monoisotopic (exact) mass is 483 g/mol. The first-order valence-electron chi connectivity index (χ1n) is 9.29. The summed E-state index contributed by atoms with van der Waals surface area (Å²) in [6, 6.07) is 14.6. The summed E-state index contributed by atoms with van der Waals surface area (Å²) < 4.78 is 27.4. The number of nitrogens with one attached hydrogen (secondary N) is 1. The molecule has 166 valence electrons. The number of aromatic nitrogens is 5. The van der Waals surface area contributed by atoms with E-state index in [9.17, 15) is 23.1 Å². The van der Waals surface area contributed by atoms with Crippen molar-refractivity contribution in [1.29, 1.82) is 0 Å². The second kappa shape index (κ2) is 8.81. The quantitative estimate of drug-likeness (QED) is 0.231. The van der Waals surface area contributed by atoms with E-state index in [1.165, 1.54) is 42.5 Å². The lowest BCUT2D eigenvalue weighted by Gasteiger charge is -2.10. The van der Waals surface area contributed by atoms with E-state index >= 15 is 0 Å². The topological polar surface area (TPSA) is 148 Å². The number of benzene rings is 2. The summed E-state index contributed by atoms with van der Waals surface area (Å²) in [5.41, 5.74) is -0.0807. The van der Waals surface area contributed by atoms with Crippen molar-refractivity contribution < 1.29 is 23.1 Å². The summed E-state index contributed by atoms with van der Waals surface area (Å²) in [5.74, 6) is -2.26. The number of aromatic amines is 1.